The number of imidazole rings is 1. The Morgan fingerprint density at radius 1 is 1.30 bits per heavy atom. The molecule has 0 aromatic carbocycles. The first-order valence-electron chi connectivity index (χ1n) is 7.75. The van der Waals surface area contributed by atoms with E-state index in [-0.39, 0.29) is 6.04 Å². The van der Waals surface area contributed by atoms with Crippen molar-refractivity contribution in [2.45, 2.75) is 25.8 Å². The molecular formula is C15H19N7S. The van der Waals surface area contributed by atoms with E-state index in [1.54, 1.807) is 11.3 Å². The van der Waals surface area contributed by atoms with E-state index in [0.717, 1.165) is 53.7 Å². The highest BCUT2D eigenvalue weighted by Gasteiger charge is 2.18. The van der Waals surface area contributed by atoms with E-state index in [2.05, 4.69) is 32.5 Å². The van der Waals surface area contributed by atoms with Crippen molar-refractivity contribution in [2.24, 2.45) is 0 Å². The van der Waals surface area contributed by atoms with Crippen LogP contribution in [0.3, 0.4) is 0 Å². The number of rotatable bonds is 3. The summed E-state index contributed by atoms with van der Waals surface area (Å²) in [4.78, 5) is 14.5. The number of thiazole rings is 1. The second-order valence-electron chi connectivity index (χ2n) is 5.73. The smallest absolute Gasteiger partial charge is 0.222 e. The van der Waals surface area contributed by atoms with E-state index in [1.807, 2.05) is 22.2 Å². The number of nitrogen functional groups attached to an aromatic ring is 1. The molecule has 1 atom stereocenters. The van der Waals surface area contributed by atoms with Crippen molar-refractivity contribution in [1.82, 2.24) is 24.7 Å². The van der Waals surface area contributed by atoms with Crippen LogP contribution in [0, 0.1) is 0 Å². The topological polar surface area (TPSA) is 93.2 Å². The molecule has 1 aliphatic rings. The average molecular weight is 329 g/mol. The van der Waals surface area contributed by atoms with Gasteiger partial charge in [0.2, 0.25) is 5.95 Å². The van der Waals surface area contributed by atoms with E-state index in [9.17, 15) is 0 Å². The number of anilines is 2. The van der Waals surface area contributed by atoms with E-state index in [0.29, 0.717) is 5.95 Å². The van der Waals surface area contributed by atoms with Crippen LogP contribution in [0.2, 0.25) is 0 Å². The van der Waals surface area contributed by atoms with Gasteiger partial charge in [-0.15, -0.1) is 11.3 Å². The van der Waals surface area contributed by atoms with Crippen molar-refractivity contribution in [3.63, 3.8) is 0 Å². The molecule has 1 unspecified atom stereocenters. The summed E-state index contributed by atoms with van der Waals surface area (Å²) in [5.74, 6) is 1.16. The van der Waals surface area contributed by atoms with Crippen LogP contribution in [0.5, 0.6) is 0 Å². The summed E-state index contributed by atoms with van der Waals surface area (Å²) in [5, 5.41) is 8.90. The fourth-order valence-electron chi connectivity index (χ4n) is 2.92. The minimum Gasteiger partial charge on any atom is -0.368 e. The zero-order chi connectivity index (χ0) is 15.8. The van der Waals surface area contributed by atoms with Gasteiger partial charge in [0.05, 0.1) is 17.4 Å². The third kappa shape index (κ3) is 2.75. The molecule has 0 radical (unpaired) electrons. The van der Waals surface area contributed by atoms with E-state index < -0.39 is 0 Å². The van der Waals surface area contributed by atoms with Gasteiger partial charge in [-0.05, 0) is 19.9 Å². The molecule has 4 heterocycles. The molecule has 0 amide bonds. The predicted octanol–water partition coefficient (Wildman–Crippen LogP) is 1.63. The predicted molar refractivity (Wildman–Crippen MR) is 91.8 cm³/mol. The standard InChI is InChI=1S/C15H19N7S/c1-9(12-8-22-6-7-23-15(22)20-12)18-13-10-2-4-17-5-3-11(10)19-14(16)21-13/h6-9,17H,2-5H2,1H3,(H3,16,18,19,21). The number of nitrogens with two attached hydrogens (primary N) is 1. The number of fused-ring (bicyclic) bond motifs is 2. The summed E-state index contributed by atoms with van der Waals surface area (Å²) >= 11 is 1.63. The van der Waals surface area contributed by atoms with Crippen LogP contribution >= 0.6 is 11.3 Å². The van der Waals surface area contributed by atoms with Crippen LogP contribution in [-0.2, 0) is 12.8 Å². The van der Waals surface area contributed by atoms with Gasteiger partial charge in [-0.25, -0.2) is 9.97 Å². The second kappa shape index (κ2) is 5.78. The average Bonchev–Trinajstić information content (AvgIpc) is 3.02. The molecule has 4 N–H and O–H groups in total. The minimum absolute atomic E-state index is 0.0525. The van der Waals surface area contributed by atoms with Crippen molar-refractivity contribution in [3.8, 4) is 0 Å². The maximum atomic E-state index is 5.89. The monoisotopic (exact) mass is 329 g/mol. The van der Waals surface area contributed by atoms with Crippen molar-refractivity contribution in [1.29, 1.82) is 0 Å². The Balaban J connectivity index is 1.65. The summed E-state index contributed by atoms with van der Waals surface area (Å²) in [6, 6.07) is 0.0525. The summed E-state index contributed by atoms with van der Waals surface area (Å²) in [6.07, 6.45) is 5.85. The molecule has 3 aromatic rings. The fraction of sp³-hybridized carbons (Fsp3) is 0.400. The molecule has 0 saturated carbocycles. The summed E-state index contributed by atoms with van der Waals surface area (Å²) in [5.41, 5.74) is 9.10. The Morgan fingerprint density at radius 3 is 3.04 bits per heavy atom. The lowest BCUT2D eigenvalue weighted by Crippen LogP contribution is -2.16. The first kappa shape index (κ1) is 14.4. The molecule has 7 nitrogen and oxygen atoms in total. The zero-order valence-corrected chi connectivity index (χ0v) is 13.7. The molecule has 120 valence electrons. The minimum atomic E-state index is 0.0525. The normalized spacial score (nSPS) is 16.0. The van der Waals surface area contributed by atoms with Gasteiger partial charge in [0.1, 0.15) is 5.82 Å². The highest BCUT2D eigenvalue weighted by atomic mass is 32.1. The van der Waals surface area contributed by atoms with Crippen LogP contribution in [-0.4, -0.2) is 32.4 Å². The van der Waals surface area contributed by atoms with Gasteiger partial charge >= 0.3 is 0 Å². The Labute approximate surface area is 138 Å². The number of nitrogens with one attached hydrogen (secondary N) is 2. The third-order valence-electron chi connectivity index (χ3n) is 4.11. The molecule has 1 aliphatic heterocycles. The van der Waals surface area contributed by atoms with Crippen molar-refractivity contribution in [3.05, 3.63) is 34.7 Å². The molecule has 4 rings (SSSR count). The summed E-state index contributed by atoms with van der Waals surface area (Å²) in [7, 11) is 0. The van der Waals surface area contributed by atoms with Crippen molar-refractivity contribution in [2.75, 3.05) is 24.1 Å². The van der Waals surface area contributed by atoms with E-state index in [1.165, 1.54) is 0 Å². The van der Waals surface area contributed by atoms with Gasteiger partial charge in [-0.1, -0.05) is 0 Å². The molecule has 23 heavy (non-hydrogen) atoms. The Hall–Kier alpha value is -2.19. The zero-order valence-electron chi connectivity index (χ0n) is 12.9. The maximum Gasteiger partial charge on any atom is 0.222 e. The molecule has 0 saturated heterocycles. The van der Waals surface area contributed by atoms with E-state index >= 15 is 0 Å². The van der Waals surface area contributed by atoms with E-state index in [4.69, 9.17) is 5.73 Å². The molecule has 0 fully saturated rings. The lowest BCUT2D eigenvalue weighted by Gasteiger charge is -2.17. The summed E-state index contributed by atoms with van der Waals surface area (Å²) < 4.78 is 2.04. The quantitative estimate of drug-likeness (QED) is 0.676. The molecule has 3 aromatic heterocycles. The Kier molecular flexibility index (Phi) is 3.62. The molecule has 0 aliphatic carbocycles. The first-order chi connectivity index (χ1) is 11.2. The SMILES string of the molecule is CC(Nc1nc(N)nc2c1CCNCC2)c1cn2ccsc2n1. The highest BCUT2D eigenvalue weighted by molar-refractivity contribution is 7.15. The van der Waals surface area contributed by atoms with Crippen LogP contribution < -0.4 is 16.4 Å². The first-order valence-corrected chi connectivity index (χ1v) is 8.63. The molecule has 0 spiro atoms. The van der Waals surface area contributed by atoms with Gasteiger partial charge in [0.25, 0.3) is 0 Å². The number of hydrogen-bond donors (Lipinski definition) is 3. The van der Waals surface area contributed by atoms with Crippen LogP contribution in [0.4, 0.5) is 11.8 Å². The molecule has 8 heteroatoms. The third-order valence-corrected chi connectivity index (χ3v) is 4.88. The van der Waals surface area contributed by atoms with Crippen molar-refractivity contribution < 1.29 is 0 Å². The molecule has 0 bridgehead atoms. The lowest BCUT2D eigenvalue weighted by molar-refractivity contribution is 0.708. The lowest BCUT2D eigenvalue weighted by atomic mass is 10.1. The number of aromatic nitrogens is 4. The second-order valence-corrected chi connectivity index (χ2v) is 6.60. The van der Waals surface area contributed by atoms with Gasteiger partial charge in [0.15, 0.2) is 4.96 Å². The van der Waals surface area contributed by atoms with Gasteiger partial charge in [-0.3, -0.25) is 4.40 Å². The number of hydrogen-bond acceptors (Lipinski definition) is 7. The van der Waals surface area contributed by atoms with Crippen molar-refractivity contribution >= 4 is 28.1 Å². The summed E-state index contributed by atoms with van der Waals surface area (Å²) in [6.45, 7) is 3.95. The van der Waals surface area contributed by atoms with Crippen LogP contribution in [0.25, 0.3) is 4.96 Å². The van der Waals surface area contributed by atoms with Gasteiger partial charge < -0.3 is 16.4 Å². The van der Waals surface area contributed by atoms with Crippen LogP contribution in [0.15, 0.2) is 17.8 Å². The highest BCUT2D eigenvalue weighted by Crippen LogP contribution is 2.25. The van der Waals surface area contributed by atoms with Gasteiger partial charge in [-0.2, -0.15) is 4.98 Å². The number of nitrogens with zero attached hydrogens (tertiary/aromatic N) is 4. The van der Waals surface area contributed by atoms with Gasteiger partial charge in [0, 0.05) is 36.3 Å². The largest absolute Gasteiger partial charge is 0.368 e. The molecular weight excluding hydrogens is 310 g/mol. The Morgan fingerprint density at radius 2 is 2.17 bits per heavy atom. The fourth-order valence-corrected chi connectivity index (χ4v) is 3.62. The Bertz CT molecular complexity index is 809. The maximum absolute atomic E-state index is 5.89. The van der Waals surface area contributed by atoms with Crippen LogP contribution in [0.1, 0.15) is 29.9 Å².